The lowest BCUT2D eigenvalue weighted by atomic mass is 9.85. The summed E-state index contributed by atoms with van der Waals surface area (Å²) in [7, 11) is 1.75. The maximum Gasteiger partial charge on any atom is 0.122 e. The standard InChI is InChI=1S/C16H26N2O.2ClH/c1-16(2,3)14-11-13(5-6-15(14)19-4)12-18-9-7-17-8-10-18;;/h5-6,11,17H,7-10,12H2,1-4H3;2*1H. The Morgan fingerprint density at radius 3 is 2.29 bits per heavy atom. The second-order valence-electron chi connectivity index (χ2n) is 6.31. The van der Waals surface area contributed by atoms with Gasteiger partial charge in [0.2, 0.25) is 0 Å². The summed E-state index contributed by atoms with van der Waals surface area (Å²) >= 11 is 0. The van der Waals surface area contributed by atoms with Crippen LogP contribution in [0.3, 0.4) is 0 Å². The van der Waals surface area contributed by atoms with Crippen LogP contribution in [0.2, 0.25) is 0 Å². The lowest BCUT2D eigenvalue weighted by Gasteiger charge is -2.28. The highest BCUT2D eigenvalue weighted by Crippen LogP contribution is 2.32. The fraction of sp³-hybridized carbons (Fsp3) is 0.625. The third kappa shape index (κ3) is 5.67. The van der Waals surface area contributed by atoms with E-state index in [0.29, 0.717) is 0 Å². The van der Waals surface area contributed by atoms with E-state index in [2.05, 4.69) is 49.2 Å². The van der Waals surface area contributed by atoms with Gasteiger partial charge in [0, 0.05) is 32.7 Å². The number of methoxy groups -OCH3 is 1. The Kier molecular flexibility index (Phi) is 8.64. The van der Waals surface area contributed by atoms with Gasteiger partial charge in [-0.05, 0) is 22.6 Å². The van der Waals surface area contributed by atoms with Gasteiger partial charge in [0.15, 0.2) is 0 Å². The highest BCUT2D eigenvalue weighted by molar-refractivity contribution is 5.85. The van der Waals surface area contributed by atoms with Gasteiger partial charge < -0.3 is 10.1 Å². The molecule has 1 fully saturated rings. The van der Waals surface area contributed by atoms with Crippen LogP contribution in [0.15, 0.2) is 18.2 Å². The maximum absolute atomic E-state index is 5.49. The van der Waals surface area contributed by atoms with Crippen molar-refractivity contribution in [2.45, 2.75) is 32.7 Å². The van der Waals surface area contributed by atoms with Crippen LogP contribution in [-0.4, -0.2) is 38.2 Å². The molecule has 0 saturated carbocycles. The summed E-state index contributed by atoms with van der Waals surface area (Å²) in [5.74, 6) is 0.997. The number of rotatable bonds is 3. The van der Waals surface area contributed by atoms with Crippen molar-refractivity contribution >= 4 is 24.8 Å². The Labute approximate surface area is 141 Å². The molecule has 1 saturated heterocycles. The molecule has 0 radical (unpaired) electrons. The zero-order valence-corrected chi connectivity index (χ0v) is 15.1. The normalized spacial score (nSPS) is 15.8. The number of nitrogens with zero attached hydrogens (tertiary/aromatic N) is 1. The summed E-state index contributed by atoms with van der Waals surface area (Å²) in [6.07, 6.45) is 0. The first kappa shape index (κ1) is 20.5. The first-order valence-electron chi connectivity index (χ1n) is 7.11. The Balaban J connectivity index is 0.00000200. The van der Waals surface area contributed by atoms with Gasteiger partial charge in [-0.1, -0.05) is 32.9 Å². The molecule has 0 atom stereocenters. The topological polar surface area (TPSA) is 24.5 Å². The lowest BCUT2D eigenvalue weighted by Crippen LogP contribution is -2.42. The summed E-state index contributed by atoms with van der Waals surface area (Å²) in [6, 6.07) is 6.61. The Morgan fingerprint density at radius 1 is 1.14 bits per heavy atom. The fourth-order valence-corrected chi connectivity index (χ4v) is 2.57. The highest BCUT2D eigenvalue weighted by atomic mass is 35.5. The van der Waals surface area contributed by atoms with E-state index in [-0.39, 0.29) is 30.2 Å². The van der Waals surface area contributed by atoms with E-state index in [9.17, 15) is 0 Å². The van der Waals surface area contributed by atoms with Crippen LogP contribution in [0.1, 0.15) is 31.9 Å². The predicted molar refractivity (Wildman–Crippen MR) is 94.3 cm³/mol. The molecule has 5 heteroatoms. The first-order valence-corrected chi connectivity index (χ1v) is 7.11. The zero-order valence-electron chi connectivity index (χ0n) is 13.4. The van der Waals surface area contributed by atoms with Crippen molar-refractivity contribution in [1.82, 2.24) is 10.2 Å². The minimum atomic E-state index is 0. The molecule has 1 heterocycles. The molecule has 122 valence electrons. The number of nitrogens with one attached hydrogen (secondary N) is 1. The van der Waals surface area contributed by atoms with Gasteiger partial charge >= 0.3 is 0 Å². The molecule has 0 amide bonds. The van der Waals surface area contributed by atoms with Crippen LogP contribution in [0.25, 0.3) is 0 Å². The van der Waals surface area contributed by atoms with Crippen LogP contribution in [0.5, 0.6) is 5.75 Å². The Hall–Kier alpha value is -0.480. The molecule has 1 aromatic carbocycles. The number of halogens is 2. The van der Waals surface area contributed by atoms with Gasteiger partial charge in [-0.15, -0.1) is 24.8 Å². The van der Waals surface area contributed by atoms with E-state index in [4.69, 9.17) is 4.74 Å². The average Bonchev–Trinajstić information content (AvgIpc) is 2.39. The van der Waals surface area contributed by atoms with Crippen molar-refractivity contribution < 1.29 is 4.74 Å². The summed E-state index contributed by atoms with van der Waals surface area (Å²) < 4.78 is 5.49. The summed E-state index contributed by atoms with van der Waals surface area (Å²) in [6.45, 7) is 12.2. The van der Waals surface area contributed by atoms with Gasteiger partial charge in [0.05, 0.1) is 7.11 Å². The zero-order chi connectivity index (χ0) is 13.9. The minimum absolute atomic E-state index is 0. The maximum atomic E-state index is 5.49. The van der Waals surface area contributed by atoms with Crippen LogP contribution < -0.4 is 10.1 Å². The van der Waals surface area contributed by atoms with E-state index in [1.807, 2.05) is 0 Å². The molecule has 21 heavy (non-hydrogen) atoms. The number of hydrogen-bond donors (Lipinski definition) is 1. The molecular weight excluding hydrogens is 307 g/mol. The van der Waals surface area contributed by atoms with Crippen molar-refractivity contribution in [3.8, 4) is 5.75 Å². The van der Waals surface area contributed by atoms with Crippen molar-refractivity contribution in [2.24, 2.45) is 0 Å². The highest BCUT2D eigenvalue weighted by Gasteiger charge is 2.20. The fourth-order valence-electron chi connectivity index (χ4n) is 2.57. The first-order chi connectivity index (χ1) is 9.00. The van der Waals surface area contributed by atoms with Gasteiger partial charge in [-0.2, -0.15) is 0 Å². The number of piperazine rings is 1. The summed E-state index contributed by atoms with van der Waals surface area (Å²) in [4.78, 5) is 2.50. The van der Waals surface area contributed by atoms with Gasteiger partial charge in [0.1, 0.15) is 5.75 Å². The van der Waals surface area contributed by atoms with E-state index >= 15 is 0 Å². The second-order valence-corrected chi connectivity index (χ2v) is 6.31. The molecule has 0 spiro atoms. The van der Waals surface area contributed by atoms with Gasteiger partial charge in [-0.25, -0.2) is 0 Å². The van der Waals surface area contributed by atoms with Crippen LogP contribution in [-0.2, 0) is 12.0 Å². The molecule has 1 aliphatic rings. The third-order valence-corrected chi connectivity index (χ3v) is 3.69. The minimum Gasteiger partial charge on any atom is -0.496 e. The molecule has 1 aromatic rings. The van der Waals surface area contributed by atoms with E-state index in [0.717, 1.165) is 38.5 Å². The smallest absolute Gasteiger partial charge is 0.122 e. The molecule has 0 unspecified atom stereocenters. The van der Waals surface area contributed by atoms with Crippen LogP contribution >= 0.6 is 24.8 Å². The number of hydrogen-bond acceptors (Lipinski definition) is 3. The van der Waals surface area contributed by atoms with Gasteiger partial charge in [0.25, 0.3) is 0 Å². The predicted octanol–water partition coefficient (Wildman–Crippen LogP) is 3.24. The van der Waals surface area contributed by atoms with Crippen molar-refractivity contribution in [3.63, 3.8) is 0 Å². The van der Waals surface area contributed by atoms with Crippen LogP contribution in [0, 0.1) is 0 Å². The van der Waals surface area contributed by atoms with E-state index < -0.39 is 0 Å². The van der Waals surface area contributed by atoms with Gasteiger partial charge in [-0.3, -0.25) is 4.90 Å². The lowest BCUT2D eigenvalue weighted by molar-refractivity contribution is 0.233. The second kappa shape index (κ2) is 8.84. The molecule has 0 bridgehead atoms. The SMILES string of the molecule is COc1ccc(CN2CCNCC2)cc1C(C)(C)C.Cl.Cl. The van der Waals surface area contributed by atoms with E-state index in [1.54, 1.807) is 7.11 Å². The van der Waals surface area contributed by atoms with E-state index in [1.165, 1.54) is 11.1 Å². The molecular formula is C16H28Cl2N2O. The van der Waals surface area contributed by atoms with Crippen LogP contribution in [0.4, 0.5) is 0 Å². The number of ether oxygens (including phenoxy) is 1. The Morgan fingerprint density at radius 2 is 1.76 bits per heavy atom. The average molecular weight is 335 g/mol. The quantitative estimate of drug-likeness (QED) is 0.918. The van der Waals surface area contributed by atoms with Crippen molar-refractivity contribution in [2.75, 3.05) is 33.3 Å². The summed E-state index contributed by atoms with van der Waals surface area (Å²) in [5.41, 5.74) is 2.79. The molecule has 2 rings (SSSR count). The Bertz CT molecular complexity index is 427. The molecule has 1 N–H and O–H groups in total. The number of benzene rings is 1. The third-order valence-electron chi connectivity index (χ3n) is 3.69. The monoisotopic (exact) mass is 334 g/mol. The largest absolute Gasteiger partial charge is 0.496 e. The van der Waals surface area contributed by atoms with Crippen molar-refractivity contribution in [1.29, 1.82) is 0 Å². The molecule has 0 aliphatic carbocycles. The van der Waals surface area contributed by atoms with Crippen molar-refractivity contribution in [3.05, 3.63) is 29.3 Å². The summed E-state index contributed by atoms with van der Waals surface area (Å²) in [5, 5.41) is 3.39. The molecule has 1 aliphatic heterocycles. The molecule has 3 nitrogen and oxygen atoms in total. The molecule has 0 aromatic heterocycles.